The Morgan fingerprint density at radius 3 is 1.79 bits per heavy atom. The van der Waals surface area contributed by atoms with E-state index in [1.807, 2.05) is 60.7 Å². The Labute approximate surface area is 190 Å². The molecule has 0 atom stereocenters. The van der Waals surface area contributed by atoms with Gasteiger partial charge in [0.2, 0.25) is 0 Å². The monoisotopic (exact) mass is 467 g/mol. The summed E-state index contributed by atoms with van der Waals surface area (Å²) in [5.41, 5.74) is 3.94. The standard InChI is InChI=1S/C21H21N7O4S/c29-20-19(15-23-28-24-16-22-25-28)21(30)27(14-12-18-9-5-2-6-10-18)33(31,32)26(20)13-11-17-7-3-1-4-8-17/h1-10,15-16,23H,11-14H2. The van der Waals surface area contributed by atoms with Crippen molar-refractivity contribution in [1.82, 2.24) is 28.9 Å². The number of nitrogens with one attached hydrogen (secondary N) is 1. The molecule has 0 aliphatic carbocycles. The van der Waals surface area contributed by atoms with Crippen LogP contribution in [-0.2, 0) is 32.6 Å². The summed E-state index contributed by atoms with van der Waals surface area (Å²) < 4.78 is 28.0. The van der Waals surface area contributed by atoms with Crippen molar-refractivity contribution < 1.29 is 18.0 Å². The van der Waals surface area contributed by atoms with Gasteiger partial charge < -0.3 is 0 Å². The lowest BCUT2D eigenvalue weighted by atomic mass is 10.1. The zero-order valence-electron chi connectivity index (χ0n) is 17.5. The van der Waals surface area contributed by atoms with Crippen molar-refractivity contribution in [3.8, 4) is 0 Å². The molecule has 170 valence electrons. The minimum absolute atomic E-state index is 0.112. The largest absolute Gasteiger partial charge is 0.331 e. The Balaban J connectivity index is 1.62. The second-order valence-electron chi connectivity index (χ2n) is 7.15. The third-order valence-corrected chi connectivity index (χ3v) is 6.85. The lowest BCUT2D eigenvalue weighted by molar-refractivity contribution is -0.131. The summed E-state index contributed by atoms with van der Waals surface area (Å²) in [7, 11) is -4.36. The number of carbonyl (C=O) groups is 2. The lowest BCUT2D eigenvalue weighted by Gasteiger charge is -2.35. The van der Waals surface area contributed by atoms with E-state index in [0.29, 0.717) is 12.8 Å². The third kappa shape index (κ3) is 4.90. The molecule has 4 rings (SSSR count). The molecule has 0 saturated carbocycles. The highest BCUT2D eigenvalue weighted by Gasteiger charge is 2.46. The Hall–Kier alpha value is -4.06. The molecule has 0 spiro atoms. The lowest BCUT2D eigenvalue weighted by Crippen LogP contribution is -2.57. The fourth-order valence-corrected chi connectivity index (χ4v) is 4.84. The first-order chi connectivity index (χ1) is 16.0. The SMILES string of the molecule is O=C1C(=CNn2ncnn2)C(=O)N(CCc2ccccc2)S(=O)(=O)N1CCc1ccccc1. The molecule has 0 radical (unpaired) electrons. The molecule has 11 nitrogen and oxygen atoms in total. The van der Waals surface area contributed by atoms with Crippen LogP contribution in [0, 0.1) is 0 Å². The van der Waals surface area contributed by atoms with Crippen LogP contribution in [0.4, 0.5) is 0 Å². The second-order valence-corrected chi connectivity index (χ2v) is 8.92. The first kappa shape index (κ1) is 22.1. The van der Waals surface area contributed by atoms with E-state index in [4.69, 9.17) is 0 Å². The maximum Gasteiger partial charge on any atom is 0.331 e. The van der Waals surface area contributed by atoms with Crippen LogP contribution < -0.4 is 5.43 Å². The van der Waals surface area contributed by atoms with Crippen molar-refractivity contribution in [3.05, 3.63) is 89.9 Å². The first-order valence-electron chi connectivity index (χ1n) is 10.1. The van der Waals surface area contributed by atoms with Crippen molar-refractivity contribution in [2.24, 2.45) is 0 Å². The molecule has 0 unspecified atom stereocenters. The van der Waals surface area contributed by atoms with E-state index in [2.05, 4.69) is 20.8 Å². The molecule has 0 bridgehead atoms. The summed E-state index contributed by atoms with van der Waals surface area (Å²) in [6.07, 6.45) is 2.86. The normalized spacial score (nSPS) is 15.6. The smallest absolute Gasteiger partial charge is 0.268 e. The van der Waals surface area contributed by atoms with Gasteiger partial charge in [-0.05, 0) is 29.2 Å². The van der Waals surface area contributed by atoms with E-state index >= 15 is 0 Å². The van der Waals surface area contributed by atoms with Crippen LogP contribution in [0.2, 0.25) is 0 Å². The predicted molar refractivity (Wildman–Crippen MR) is 118 cm³/mol. The summed E-state index contributed by atoms with van der Waals surface area (Å²) in [5.74, 6) is -1.83. The minimum atomic E-state index is -4.36. The average molecular weight is 468 g/mol. The zero-order chi connectivity index (χ0) is 23.3. The average Bonchev–Trinajstić information content (AvgIpc) is 3.33. The van der Waals surface area contributed by atoms with Crippen molar-refractivity contribution in [2.75, 3.05) is 18.5 Å². The van der Waals surface area contributed by atoms with Gasteiger partial charge in [0.15, 0.2) is 6.33 Å². The van der Waals surface area contributed by atoms with Crippen LogP contribution in [0.1, 0.15) is 11.1 Å². The highest BCUT2D eigenvalue weighted by molar-refractivity contribution is 7.88. The van der Waals surface area contributed by atoms with Gasteiger partial charge in [-0.1, -0.05) is 65.6 Å². The summed E-state index contributed by atoms with van der Waals surface area (Å²) in [5, 5.41) is 10.9. The van der Waals surface area contributed by atoms with Gasteiger partial charge in [0, 0.05) is 19.3 Å². The van der Waals surface area contributed by atoms with Gasteiger partial charge in [0.05, 0.1) is 0 Å². The van der Waals surface area contributed by atoms with Crippen molar-refractivity contribution in [2.45, 2.75) is 12.8 Å². The molecule has 2 heterocycles. The summed E-state index contributed by atoms with van der Waals surface area (Å²) in [4.78, 5) is 27.1. The van der Waals surface area contributed by atoms with Crippen molar-refractivity contribution in [1.29, 1.82) is 0 Å². The minimum Gasteiger partial charge on any atom is -0.268 e. The highest BCUT2D eigenvalue weighted by atomic mass is 32.2. The van der Waals surface area contributed by atoms with Crippen molar-refractivity contribution in [3.63, 3.8) is 0 Å². The zero-order valence-corrected chi connectivity index (χ0v) is 18.3. The molecule has 1 aromatic heterocycles. The van der Waals surface area contributed by atoms with Crippen LogP contribution in [0.15, 0.2) is 78.8 Å². The molecule has 1 fully saturated rings. The quantitative estimate of drug-likeness (QED) is 0.374. The highest BCUT2D eigenvalue weighted by Crippen LogP contribution is 2.23. The number of rotatable bonds is 8. The topological polar surface area (TPSA) is 130 Å². The van der Waals surface area contributed by atoms with Crippen LogP contribution in [0.3, 0.4) is 0 Å². The van der Waals surface area contributed by atoms with Gasteiger partial charge >= 0.3 is 10.2 Å². The first-order valence-corrected chi connectivity index (χ1v) is 11.5. The number of hydrogen-bond acceptors (Lipinski definition) is 8. The second kappa shape index (κ2) is 9.61. The van der Waals surface area contributed by atoms with Gasteiger partial charge in [-0.2, -0.15) is 8.42 Å². The molecule has 1 saturated heterocycles. The Kier molecular flexibility index (Phi) is 6.45. The molecule has 2 amide bonds. The fraction of sp³-hybridized carbons (Fsp3) is 0.190. The van der Waals surface area contributed by atoms with Crippen LogP contribution >= 0.6 is 0 Å². The van der Waals surface area contributed by atoms with Crippen LogP contribution in [0.5, 0.6) is 0 Å². The van der Waals surface area contributed by atoms with Gasteiger partial charge in [-0.3, -0.25) is 15.0 Å². The van der Waals surface area contributed by atoms with E-state index in [1.165, 1.54) is 6.33 Å². The molecule has 3 aromatic rings. The Morgan fingerprint density at radius 1 is 0.818 bits per heavy atom. The molecule has 33 heavy (non-hydrogen) atoms. The molecular weight excluding hydrogens is 446 g/mol. The molecule has 12 heteroatoms. The Morgan fingerprint density at radius 2 is 1.33 bits per heavy atom. The third-order valence-electron chi connectivity index (χ3n) is 5.04. The van der Waals surface area contributed by atoms with Crippen LogP contribution in [-0.4, -0.2) is 62.2 Å². The Bertz CT molecular complexity index is 1170. The number of hydrogen-bond donors (Lipinski definition) is 1. The maximum absolute atomic E-state index is 13.3. The fourth-order valence-electron chi connectivity index (χ4n) is 3.35. The summed E-state index contributed by atoms with van der Waals surface area (Å²) in [6.45, 7) is -0.224. The van der Waals surface area contributed by atoms with Gasteiger partial charge in [0.25, 0.3) is 11.8 Å². The number of nitrogens with zero attached hydrogens (tertiary/aromatic N) is 6. The van der Waals surface area contributed by atoms with Gasteiger partial charge in [-0.25, -0.2) is 8.61 Å². The molecular formula is C21H21N7O4S. The van der Waals surface area contributed by atoms with E-state index in [0.717, 1.165) is 30.8 Å². The van der Waals surface area contributed by atoms with Gasteiger partial charge in [0.1, 0.15) is 5.57 Å². The number of benzene rings is 2. The number of amides is 2. The van der Waals surface area contributed by atoms with E-state index < -0.39 is 22.0 Å². The summed E-state index contributed by atoms with van der Waals surface area (Å²) >= 11 is 0. The predicted octanol–water partition coefficient (Wildman–Crippen LogP) is 0.502. The molecule has 2 aromatic carbocycles. The summed E-state index contributed by atoms with van der Waals surface area (Å²) in [6, 6.07) is 18.4. The molecule has 1 aliphatic heterocycles. The van der Waals surface area contributed by atoms with Crippen LogP contribution in [0.25, 0.3) is 0 Å². The molecule has 1 aliphatic rings. The van der Waals surface area contributed by atoms with Gasteiger partial charge in [-0.15, -0.1) is 10.2 Å². The van der Waals surface area contributed by atoms with Crippen molar-refractivity contribution >= 4 is 22.0 Å². The van der Waals surface area contributed by atoms with E-state index in [1.54, 1.807) is 0 Å². The van der Waals surface area contributed by atoms with E-state index in [9.17, 15) is 18.0 Å². The maximum atomic E-state index is 13.3. The number of carbonyl (C=O) groups excluding carboxylic acids is 2. The number of aromatic nitrogens is 4. The van der Waals surface area contributed by atoms with E-state index in [-0.39, 0.29) is 18.7 Å². The number of tetrazole rings is 1. The molecule has 1 N–H and O–H groups in total.